The molecule has 0 aromatic heterocycles. The summed E-state index contributed by atoms with van der Waals surface area (Å²) < 4.78 is 58.2. The lowest BCUT2D eigenvalue weighted by Gasteiger charge is -2.16. The van der Waals surface area contributed by atoms with E-state index in [1.807, 2.05) is 0 Å². The Balaban J connectivity index is 2.39. The fourth-order valence-electron chi connectivity index (χ4n) is 1.95. The number of carbonyl (C=O) groups excluding carboxylic acids is 1. The maximum absolute atomic E-state index is 14.0. The Morgan fingerprint density at radius 3 is 2.27 bits per heavy atom. The van der Waals surface area contributed by atoms with E-state index in [4.69, 9.17) is 4.74 Å². The number of halogens is 4. The lowest BCUT2D eigenvalue weighted by atomic mass is 10.1. The molecule has 2 aromatic rings. The van der Waals surface area contributed by atoms with Crippen LogP contribution in [-0.2, 0) is 12.8 Å². The van der Waals surface area contributed by atoms with Crippen molar-refractivity contribution >= 4 is 5.78 Å². The third kappa shape index (κ3) is 3.44. The summed E-state index contributed by atoms with van der Waals surface area (Å²) in [5, 5.41) is 0. The molecule has 0 radical (unpaired) electrons. The average Bonchev–Trinajstić information content (AvgIpc) is 2.44. The Bertz CT molecular complexity index is 679. The first-order chi connectivity index (χ1) is 10.3. The van der Waals surface area contributed by atoms with Crippen molar-refractivity contribution in [1.29, 1.82) is 0 Å². The molecule has 0 fully saturated rings. The number of carbonyl (C=O) groups is 1. The molecule has 0 saturated heterocycles. The maximum Gasteiger partial charge on any atom is 0.422 e. The third-order valence-electron chi connectivity index (χ3n) is 3.00. The van der Waals surface area contributed by atoms with Crippen molar-refractivity contribution in [3.8, 4) is 5.75 Å². The van der Waals surface area contributed by atoms with Crippen molar-refractivity contribution in [1.82, 2.24) is 0 Å². The van der Waals surface area contributed by atoms with Crippen LogP contribution in [-0.4, -0.2) is 5.78 Å². The number of Topliss-reactive ketones (excluding diaryl/α,β-unsaturated/α-hetero) is 1. The number of ether oxygens (including phenoxy) is 1. The molecule has 22 heavy (non-hydrogen) atoms. The Kier molecular flexibility index (Phi) is 4.49. The van der Waals surface area contributed by atoms with Crippen molar-refractivity contribution in [2.75, 3.05) is 0 Å². The second-order valence-electron chi connectivity index (χ2n) is 4.63. The standard InChI is InChI=1S/C16H12F4O2/c1-10(21)12-7-8-13(14(15(12)17)16(18,19)20)22-9-11-5-3-2-4-6-11/h2-8H,9H2,1H3. The molecule has 0 aliphatic heterocycles. The highest BCUT2D eigenvalue weighted by Gasteiger charge is 2.39. The quantitative estimate of drug-likeness (QED) is 0.608. The van der Waals surface area contributed by atoms with Crippen LogP contribution in [0.5, 0.6) is 5.75 Å². The highest BCUT2D eigenvalue weighted by atomic mass is 19.4. The largest absolute Gasteiger partial charge is 0.488 e. The minimum absolute atomic E-state index is 0.136. The van der Waals surface area contributed by atoms with E-state index in [9.17, 15) is 22.4 Å². The van der Waals surface area contributed by atoms with Gasteiger partial charge in [-0.1, -0.05) is 30.3 Å². The minimum atomic E-state index is -4.96. The number of hydrogen-bond donors (Lipinski definition) is 0. The predicted octanol–water partition coefficient (Wildman–Crippen LogP) is 4.63. The highest BCUT2D eigenvalue weighted by molar-refractivity contribution is 5.94. The fourth-order valence-corrected chi connectivity index (χ4v) is 1.95. The molecule has 0 amide bonds. The van der Waals surface area contributed by atoms with E-state index in [1.54, 1.807) is 30.3 Å². The Morgan fingerprint density at radius 2 is 1.73 bits per heavy atom. The topological polar surface area (TPSA) is 26.3 Å². The molecule has 2 nitrogen and oxygen atoms in total. The molecule has 0 saturated carbocycles. The molecular formula is C16H12F4O2. The molecule has 0 unspecified atom stereocenters. The number of alkyl halides is 3. The lowest BCUT2D eigenvalue weighted by Crippen LogP contribution is -2.14. The summed E-state index contributed by atoms with van der Waals surface area (Å²) in [6.45, 7) is 0.867. The van der Waals surface area contributed by atoms with E-state index in [1.165, 1.54) is 0 Å². The van der Waals surface area contributed by atoms with Gasteiger partial charge in [-0.15, -0.1) is 0 Å². The molecule has 2 aromatic carbocycles. The molecule has 0 aliphatic rings. The zero-order valence-electron chi connectivity index (χ0n) is 11.6. The number of rotatable bonds is 4. The maximum atomic E-state index is 14.0. The van der Waals surface area contributed by atoms with Crippen molar-refractivity contribution < 1.29 is 27.1 Å². The summed E-state index contributed by atoms with van der Waals surface area (Å²) in [4.78, 5) is 11.2. The van der Waals surface area contributed by atoms with Crippen molar-refractivity contribution in [2.45, 2.75) is 19.7 Å². The first-order valence-corrected chi connectivity index (χ1v) is 6.38. The second kappa shape index (κ2) is 6.17. The highest BCUT2D eigenvalue weighted by Crippen LogP contribution is 2.39. The first kappa shape index (κ1) is 16.0. The smallest absolute Gasteiger partial charge is 0.422 e. The zero-order valence-corrected chi connectivity index (χ0v) is 11.6. The Hall–Kier alpha value is -2.37. The number of ketones is 1. The van der Waals surface area contributed by atoms with Gasteiger partial charge >= 0.3 is 6.18 Å². The molecule has 0 atom stereocenters. The molecule has 0 N–H and O–H groups in total. The van der Waals surface area contributed by atoms with E-state index in [2.05, 4.69) is 0 Å². The van der Waals surface area contributed by atoms with Gasteiger partial charge in [0, 0.05) is 0 Å². The van der Waals surface area contributed by atoms with E-state index in [0.717, 1.165) is 19.1 Å². The van der Waals surface area contributed by atoms with Gasteiger partial charge in [-0.05, 0) is 24.6 Å². The molecule has 0 aliphatic carbocycles. The summed E-state index contributed by atoms with van der Waals surface area (Å²) in [6.07, 6.45) is -4.96. The van der Waals surface area contributed by atoms with E-state index < -0.39 is 34.7 Å². The van der Waals surface area contributed by atoms with Gasteiger partial charge in [0.15, 0.2) is 5.78 Å². The van der Waals surface area contributed by atoms with Gasteiger partial charge in [-0.3, -0.25) is 4.79 Å². The normalized spacial score (nSPS) is 11.3. The van der Waals surface area contributed by atoms with Gasteiger partial charge in [0.1, 0.15) is 23.7 Å². The SMILES string of the molecule is CC(=O)c1ccc(OCc2ccccc2)c(C(F)(F)F)c1F. The van der Waals surface area contributed by atoms with Crippen LogP contribution in [0.2, 0.25) is 0 Å². The van der Waals surface area contributed by atoms with Crippen LogP contribution in [0.25, 0.3) is 0 Å². The summed E-state index contributed by atoms with van der Waals surface area (Å²) >= 11 is 0. The monoisotopic (exact) mass is 312 g/mol. The zero-order chi connectivity index (χ0) is 16.3. The van der Waals surface area contributed by atoms with Crippen LogP contribution in [0, 0.1) is 5.82 Å². The Labute approximate surface area is 124 Å². The summed E-state index contributed by atoms with van der Waals surface area (Å²) in [6, 6.07) is 10.5. The predicted molar refractivity (Wildman–Crippen MR) is 72.2 cm³/mol. The van der Waals surface area contributed by atoms with Crippen LogP contribution in [0.1, 0.15) is 28.4 Å². The van der Waals surface area contributed by atoms with E-state index in [-0.39, 0.29) is 6.61 Å². The lowest BCUT2D eigenvalue weighted by molar-refractivity contribution is -0.141. The molecule has 0 bridgehead atoms. The van der Waals surface area contributed by atoms with Gasteiger partial charge < -0.3 is 4.74 Å². The van der Waals surface area contributed by atoms with Crippen LogP contribution >= 0.6 is 0 Å². The molecule has 116 valence electrons. The first-order valence-electron chi connectivity index (χ1n) is 6.38. The third-order valence-corrected chi connectivity index (χ3v) is 3.00. The van der Waals surface area contributed by atoms with E-state index in [0.29, 0.717) is 5.56 Å². The van der Waals surface area contributed by atoms with Crippen molar-refractivity contribution in [3.05, 3.63) is 65.0 Å². The van der Waals surface area contributed by atoms with Gasteiger partial charge in [0.2, 0.25) is 0 Å². The Morgan fingerprint density at radius 1 is 1.09 bits per heavy atom. The molecular weight excluding hydrogens is 300 g/mol. The van der Waals surface area contributed by atoms with Gasteiger partial charge in [0.25, 0.3) is 0 Å². The molecule has 0 spiro atoms. The molecule has 2 rings (SSSR count). The summed E-state index contributed by atoms with van der Waals surface area (Å²) in [5.41, 5.74) is -1.53. The van der Waals surface area contributed by atoms with Crippen LogP contribution in [0.15, 0.2) is 42.5 Å². The second-order valence-corrected chi connectivity index (χ2v) is 4.63. The number of hydrogen-bond acceptors (Lipinski definition) is 2. The van der Waals surface area contributed by atoms with Gasteiger partial charge in [0.05, 0.1) is 5.56 Å². The summed E-state index contributed by atoms with van der Waals surface area (Å²) in [5.74, 6) is -3.03. The van der Waals surface area contributed by atoms with Crippen LogP contribution < -0.4 is 4.74 Å². The minimum Gasteiger partial charge on any atom is -0.488 e. The molecule has 6 heteroatoms. The van der Waals surface area contributed by atoms with Crippen molar-refractivity contribution in [3.63, 3.8) is 0 Å². The molecule has 0 heterocycles. The van der Waals surface area contributed by atoms with E-state index >= 15 is 0 Å². The van der Waals surface area contributed by atoms with Gasteiger partial charge in [-0.2, -0.15) is 13.2 Å². The number of benzene rings is 2. The van der Waals surface area contributed by atoms with Crippen molar-refractivity contribution in [2.24, 2.45) is 0 Å². The average molecular weight is 312 g/mol. The van der Waals surface area contributed by atoms with Crippen LogP contribution in [0.4, 0.5) is 17.6 Å². The summed E-state index contributed by atoms with van der Waals surface area (Å²) in [7, 11) is 0. The fraction of sp³-hybridized carbons (Fsp3) is 0.188. The van der Waals surface area contributed by atoms with Gasteiger partial charge in [-0.25, -0.2) is 4.39 Å². The van der Waals surface area contributed by atoms with Crippen LogP contribution in [0.3, 0.4) is 0 Å².